The number of hydrogen-bond acceptors (Lipinski definition) is 6. The molecule has 7 nitrogen and oxygen atoms in total. The molecule has 8 heteroatoms. The van der Waals surface area contributed by atoms with Crippen molar-refractivity contribution in [1.29, 1.82) is 5.26 Å². The van der Waals surface area contributed by atoms with Crippen LogP contribution in [0.5, 0.6) is 0 Å². The SMILES string of the molecule is CN(C)S(=O)(=O)c1ccc(-c2nc(C#N)c(NC3CC3)o2)cc1. The second-order valence-corrected chi connectivity index (χ2v) is 7.69. The van der Waals surface area contributed by atoms with Crippen molar-refractivity contribution in [1.82, 2.24) is 9.29 Å². The molecule has 1 aliphatic rings. The molecule has 1 fully saturated rings. The van der Waals surface area contributed by atoms with Crippen LogP contribution in [0.15, 0.2) is 33.6 Å². The molecule has 2 aromatic rings. The highest BCUT2D eigenvalue weighted by Gasteiger charge is 2.25. The maximum absolute atomic E-state index is 12.0. The zero-order chi connectivity index (χ0) is 16.6. The Hall–Kier alpha value is -2.37. The number of nitrogens with zero attached hydrogens (tertiary/aromatic N) is 3. The average Bonchev–Trinajstić information content (AvgIpc) is 3.25. The topological polar surface area (TPSA) is 99.2 Å². The van der Waals surface area contributed by atoms with Crippen molar-refractivity contribution in [2.45, 2.75) is 23.8 Å². The fraction of sp³-hybridized carbons (Fsp3) is 0.333. The van der Waals surface area contributed by atoms with Crippen molar-refractivity contribution in [3.63, 3.8) is 0 Å². The minimum atomic E-state index is -3.47. The summed E-state index contributed by atoms with van der Waals surface area (Å²) in [6.45, 7) is 0. The van der Waals surface area contributed by atoms with Crippen LogP contribution in [0, 0.1) is 11.3 Å². The van der Waals surface area contributed by atoms with Crippen molar-refractivity contribution in [3.8, 4) is 17.5 Å². The number of anilines is 1. The summed E-state index contributed by atoms with van der Waals surface area (Å²) < 4.78 is 30.9. The van der Waals surface area contributed by atoms with E-state index in [1.807, 2.05) is 6.07 Å². The maximum Gasteiger partial charge on any atom is 0.242 e. The Morgan fingerprint density at radius 1 is 1.30 bits per heavy atom. The first-order valence-corrected chi connectivity index (χ1v) is 8.56. The number of oxazole rings is 1. The van der Waals surface area contributed by atoms with Crippen molar-refractivity contribution in [3.05, 3.63) is 30.0 Å². The van der Waals surface area contributed by atoms with Gasteiger partial charge in [0.05, 0.1) is 4.90 Å². The lowest BCUT2D eigenvalue weighted by atomic mass is 10.2. The molecule has 1 saturated carbocycles. The van der Waals surface area contributed by atoms with E-state index in [1.54, 1.807) is 12.1 Å². The third-order valence-corrected chi connectivity index (χ3v) is 5.35. The van der Waals surface area contributed by atoms with Gasteiger partial charge in [0, 0.05) is 25.7 Å². The van der Waals surface area contributed by atoms with Crippen molar-refractivity contribution in [2.75, 3.05) is 19.4 Å². The van der Waals surface area contributed by atoms with Crippen LogP contribution in [0.2, 0.25) is 0 Å². The van der Waals surface area contributed by atoms with Gasteiger partial charge in [0.15, 0.2) is 0 Å². The molecule has 1 N–H and O–H groups in total. The number of rotatable bonds is 5. The molecule has 0 aliphatic heterocycles. The van der Waals surface area contributed by atoms with E-state index < -0.39 is 10.0 Å². The summed E-state index contributed by atoms with van der Waals surface area (Å²) >= 11 is 0. The predicted octanol–water partition coefficient (Wildman–Crippen LogP) is 2.04. The first-order chi connectivity index (χ1) is 10.9. The summed E-state index contributed by atoms with van der Waals surface area (Å²) in [5.74, 6) is 0.661. The van der Waals surface area contributed by atoms with Gasteiger partial charge in [-0.05, 0) is 37.1 Å². The van der Waals surface area contributed by atoms with E-state index in [4.69, 9.17) is 9.68 Å². The zero-order valence-corrected chi connectivity index (χ0v) is 13.6. The van der Waals surface area contributed by atoms with Crippen LogP contribution in [0.3, 0.4) is 0 Å². The van der Waals surface area contributed by atoms with E-state index in [2.05, 4.69) is 10.3 Å². The molecule has 3 rings (SSSR count). The predicted molar refractivity (Wildman–Crippen MR) is 84.2 cm³/mol. The summed E-state index contributed by atoms with van der Waals surface area (Å²) in [5, 5.41) is 12.2. The lowest BCUT2D eigenvalue weighted by Crippen LogP contribution is -2.22. The highest BCUT2D eigenvalue weighted by Crippen LogP contribution is 2.30. The van der Waals surface area contributed by atoms with Gasteiger partial charge in [0.1, 0.15) is 6.07 Å². The lowest BCUT2D eigenvalue weighted by molar-refractivity contribution is 0.520. The zero-order valence-electron chi connectivity index (χ0n) is 12.8. The maximum atomic E-state index is 12.0. The fourth-order valence-corrected chi connectivity index (χ4v) is 2.91. The average molecular weight is 332 g/mol. The molecule has 0 bridgehead atoms. The van der Waals surface area contributed by atoms with Gasteiger partial charge in [-0.25, -0.2) is 12.7 Å². The number of nitrogens with one attached hydrogen (secondary N) is 1. The lowest BCUT2D eigenvalue weighted by Gasteiger charge is -2.11. The Morgan fingerprint density at radius 3 is 2.48 bits per heavy atom. The van der Waals surface area contributed by atoms with Crippen molar-refractivity contribution >= 4 is 15.9 Å². The van der Waals surface area contributed by atoms with Crippen LogP contribution in [-0.2, 0) is 10.0 Å². The third-order valence-electron chi connectivity index (χ3n) is 3.53. The van der Waals surface area contributed by atoms with Gasteiger partial charge in [-0.15, -0.1) is 0 Å². The molecule has 1 aliphatic carbocycles. The van der Waals surface area contributed by atoms with Gasteiger partial charge in [-0.1, -0.05) is 0 Å². The highest BCUT2D eigenvalue weighted by atomic mass is 32.2. The molecule has 0 atom stereocenters. The highest BCUT2D eigenvalue weighted by molar-refractivity contribution is 7.89. The molecule has 0 unspecified atom stereocenters. The summed E-state index contributed by atoms with van der Waals surface area (Å²) in [6.07, 6.45) is 2.11. The molecular formula is C15H16N4O3S. The first kappa shape index (κ1) is 15.5. The van der Waals surface area contributed by atoms with Gasteiger partial charge >= 0.3 is 0 Å². The van der Waals surface area contributed by atoms with Crippen LogP contribution in [0.1, 0.15) is 18.5 Å². The number of sulfonamides is 1. The number of aromatic nitrogens is 1. The van der Waals surface area contributed by atoms with E-state index >= 15 is 0 Å². The second-order valence-electron chi connectivity index (χ2n) is 5.54. The second kappa shape index (κ2) is 5.68. The normalized spacial score (nSPS) is 14.7. The Balaban J connectivity index is 1.90. The summed E-state index contributed by atoms with van der Waals surface area (Å²) in [5.41, 5.74) is 0.819. The fourth-order valence-electron chi connectivity index (χ4n) is 2.01. The first-order valence-electron chi connectivity index (χ1n) is 7.12. The van der Waals surface area contributed by atoms with Crippen LogP contribution in [0.4, 0.5) is 5.88 Å². The Kier molecular flexibility index (Phi) is 3.83. The molecule has 0 saturated heterocycles. The number of benzene rings is 1. The van der Waals surface area contributed by atoms with Gasteiger partial charge in [0.2, 0.25) is 27.5 Å². The monoisotopic (exact) mass is 332 g/mol. The minimum absolute atomic E-state index is 0.189. The molecule has 0 amide bonds. The van der Waals surface area contributed by atoms with Crippen LogP contribution < -0.4 is 5.32 Å². The Labute approximate surface area is 134 Å². The van der Waals surface area contributed by atoms with Crippen LogP contribution in [0.25, 0.3) is 11.5 Å². The van der Waals surface area contributed by atoms with E-state index in [9.17, 15) is 8.42 Å². The molecule has 23 heavy (non-hydrogen) atoms. The molecular weight excluding hydrogens is 316 g/mol. The summed E-state index contributed by atoms with van der Waals surface area (Å²) in [4.78, 5) is 4.35. The molecule has 120 valence electrons. The van der Waals surface area contributed by atoms with Crippen molar-refractivity contribution in [2.24, 2.45) is 0 Å². The number of hydrogen-bond donors (Lipinski definition) is 1. The van der Waals surface area contributed by atoms with Crippen LogP contribution in [-0.4, -0.2) is 37.8 Å². The van der Waals surface area contributed by atoms with Gasteiger partial charge < -0.3 is 9.73 Å². The van der Waals surface area contributed by atoms with E-state index in [0.29, 0.717) is 23.4 Å². The van der Waals surface area contributed by atoms with E-state index in [1.165, 1.54) is 26.2 Å². The summed E-state index contributed by atoms with van der Waals surface area (Å²) in [6, 6.07) is 8.56. The standard InChI is InChI=1S/C15H16N4O3S/c1-19(2)23(20,21)12-7-3-10(4-8-12)14-18-13(9-16)15(22-14)17-11-5-6-11/h3-4,7-8,11,17H,5-6H2,1-2H3. The van der Waals surface area contributed by atoms with E-state index in [-0.39, 0.29) is 10.6 Å². The molecule has 0 spiro atoms. The summed E-state index contributed by atoms with van der Waals surface area (Å²) in [7, 11) is -0.516. The molecule has 0 radical (unpaired) electrons. The molecule has 1 heterocycles. The minimum Gasteiger partial charge on any atom is -0.419 e. The quantitative estimate of drug-likeness (QED) is 0.899. The molecule has 1 aromatic heterocycles. The Morgan fingerprint density at radius 2 is 1.96 bits per heavy atom. The van der Waals surface area contributed by atoms with E-state index in [0.717, 1.165) is 17.1 Å². The van der Waals surface area contributed by atoms with Crippen LogP contribution >= 0.6 is 0 Å². The largest absolute Gasteiger partial charge is 0.419 e. The molecule has 1 aromatic carbocycles. The van der Waals surface area contributed by atoms with Crippen molar-refractivity contribution < 1.29 is 12.8 Å². The van der Waals surface area contributed by atoms with Gasteiger partial charge in [-0.3, -0.25) is 0 Å². The Bertz CT molecular complexity index is 859. The third kappa shape index (κ3) is 3.06. The van der Waals surface area contributed by atoms with Gasteiger partial charge in [-0.2, -0.15) is 10.2 Å². The smallest absolute Gasteiger partial charge is 0.242 e. The number of nitriles is 1. The van der Waals surface area contributed by atoms with Gasteiger partial charge in [0.25, 0.3) is 0 Å².